The van der Waals surface area contributed by atoms with Gasteiger partial charge in [-0.15, -0.1) is 0 Å². The zero-order valence-electron chi connectivity index (χ0n) is 11.2. The Labute approximate surface area is 102 Å². The maximum atomic E-state index is 11.5. The van der Waals surface area contributed by atoms with E-state index < -0.39 is 11.0 Å². The number of hydrogen-bond acceptors (Lipinski definition) is 4. The van der Waals surface area contributed by atoms with Gasteiger partial charge in [-0.05, 0) is 32.9 Å². The molecular formula is C13H21NO3. The number of rotatable bonds is 4. The van der Waals surface area contributed by atoms with E-state index in [4.69, 9.17) is 14.9 Å². The number of ether oxygens (including phenoxy) is 1. The SMILES string of the molecule is COC(=O)CC(C)(c1ccc(C)o1)C(C)(C)N. The van der Waals surface area contributed by atoms with Crippen LogP contribution in [0.4, 0.5) is 0 Å². The summed E-state index contributed by atoms with van der Waals surface area (Å²) in [5.74, 6) is 1.23. The lowest BCUT2D eigenvalue weighted by molar-refractivity contribution is -0.142. The summed E-state index contributed by atoms with van der Waals surface area (Å²) in [6.45, 7) is 7.55. The largest absolute Gasteiger partial charge is 0.469 e. The van der Waals surface area contributed by atoms with Gasteiger partial charge in [0, 0.05) is 5.54 Å². The Morgan fingerprint density at radius 2 is 2.00 bits per heavy atom. The first-order valence-corrected chi connectivity index (χ1v) is 5.63. The minimum Gasteiger partial charge on any atom is -0.469 e. The summed E-state index contributed by atoms with van der Waals surface area (Å²) < 4.78 is 10.4. The third-order valence-corrected chi connectivity index (χ3v) is 3.43. The first-order chi connectivity index (χ1) is 7.70. The standard InChI is InChI=1S/C13H21NO3/c1-9-6-7-10(17-9)13(4,12(2,3)14)8-11(15)16-5/h6-7H,8,14H2,1-5H3. The molecule has 4 nitrogen and oxygen atoms in total. The molecule has 0 aromatic carbocycles. The molecule has 0 saturated heterocycles. The van der Waals surface area contributed by atoms with Crippen LogP contribution in [0.1, 0.15) is 38.7 Å². The highest BCUT2D eigenvalue weighted by atomic mass is 16.5. The van der Waals surface area contributed by atoms with E-state index in [1.54, 1.807) is 0 Å². The minimum absolute atomic E-state index is 0.194. The maximum absolute atomic E-state index is 11.5. The molecule has 0 aliphatic heterocycles. The topological polar surface area (TPSA) is 65.5 Å². The summed E-state index contributed by atoms with van der Waals surface area (Å²) in [5.41, 5.74) is 5.01. The smallest absolute Gasteiger partial charge is 0.306 e. The second kappa shape index (κ2) is 4.53. The Balaban J connectivity index is 3.15. The highest BCUT2D eigenvalue weighted by molar-refractivity contribution is 5.71. The molecule has 0 saturated carbocycles. The first kappa shape index (κ1) is 13.8. The van der Waals surface area contributed by atoms with Gasteiger partial charge in [-0.2, -0.15) is 0 Å². The summed E-state index contributed by atoms with van der Waals surface area (Å²) in [5, 5.41) is 0. The van der Waals surface area contributed by atoms with Crippen molar-refractivity contribution in [2.24, 2.45) is 5.73 Å². The molecular weight excluding hydrogens is 218 g/mol. The van der Waals surface area contributed by atoms with E-state index >= 15 is 0 Å². The molecule has 17 heavy (non-hydrogen) atoms. The molecule has 0 fully saturated rings. The van der Waals surface area contributed by atoms with Crippen LogP contribution in [-0.2, 0) is 14.9 Å². The van der Waals surface area contributed by atoms with Crippen molar-refractivity contribution in [3.63, 3.8) is 0 Å². The van der Waals surface area contributed by atoms with Crippen molar-refractivity contribution >= 4 is 5.97 Å². The van der Waals surface area contributed by atoms with Crippen LogP contribution in [0.5, 0.6) is 0 Å². The molecule has 2 N–H and O–H groups in total. The van der Waals surface area contributed by atoms with Crippen molar-refractivity contribution in [2.45, 2.75) is 45.1 Å². The van der Waals surface area contributed by atoms with Crippen LogP contribution < -0.4 is 5.73 Å². The number of carbonyl (C=O) groups excluding carboxylic acids is 1. The van der Waals surface area contributed by atoms with E-state index in [1.165, 1.54) is 7.11 Å². The quantitative estimate of drug-likeness (QED) is 0.817. The number of furan rings is 1. The molecule has 1 rings (SSSR count). The predicted molar refractivity (Wildman–Crippen MR) is 65.7 cm³/mol. The number of hydrogen-bond donors (Lipinski definition) is 1. The lowest BCUT2D eigenvalue weighted by Crippen LogP contribution is -2.53. The van der Waals surface area contributed by atoms with Crippen LogP contribution >= 0.6 is 0 Å². The zero-order valence-corrected chi connectivity index (χ0v) is 11.2. The molecule has 0 aliphatic rings. The van der Waals surface area contributed by atoms with Crippen molar-refractivity contribution < 1.29 is 13.9 Å². The monoisotopic (exact) mass is 239 g/mol. The van der Waals surface area contributed by atoms with Crippen LogP contribution in [0, 0.1) is 6.92 Å². The maximum Gasteiger partial charge on any atom is 0.306 e. The van der Waals surface area contributed by atoms with Crippen molar-refractivity contribution in [2.75, 3.05) is 7.11 Å². The molecule has 0 aliphatic carbocycles. The van der Waals surface area contributed by atoms with Gasteiger partial charge < -0.3 is 14.9 Å². The first-order valence-electron chi connectivity index (χ1n) is 5.63. The summed E-state index contributed by atoms with van der Waals surface area (Å²) in [6, 6.07) is 3.74. The number of methoxy groups -OCH3 is 1. The highest BCUT2D eigenvalue weighted by Gasteiger charge is 2.44. The fraction of sp³-hybridized carbons (Fsp3) is 0.615. The van der Waals surface area contributed by atoms with E-state index in [9.17, 15) is 4.79 Å². The number of aryl methyl sites for hydroxylation is 1. The molecule has 96 valence electrons. The van der Waals surface area contributed by atoms with Crippen LogP contribution in [0.2, 0.25) is 0 Å². The summed E-state index contributed by atoms with van der Waals surface area (Å²) >= 11 is 0. The molecule has 1 heterocycles. The van der Waals surface area contributed by atoms with Crippen molar-refractivity contribution in [1.82, 2.24) is 0 Å². The molecule has 1 aromatic heterocycles. The van der Waals surface area contributed by atoms with Crippen LogP contribution in [0.25, 0.3) is 0 Å². The van der Waals surface area contributed by atoms with Crippen LogP contribution in [0.3, 0.4) is 0 Å². The van der Waals surface area contributed by atoms with Gasteiger partial charge in [0.05, 0.1) is 18.9 Å². The molecule has 1 atom stereocenters. The fourth-order valence-corrected chi connectivity index (χ4v) is 1.72. The van der Waals surface area contributed by atoms with Gasteiger partial charge in [0.15, 0.2) is 0 Å². The van der Waals surface area contributed by atoms with Gasteiger partial charge in [0.1, 0.15) is 11.5 Å². The van der Waals surface area contributed by atoms with Crippen LogP contribution in [-0.4, -0.2) is 18.6 Å². The molecule has 1 aromatic rings. The number of esters is 1. The van der Waals surface area contributed by atoms with Crippen molar-refractivity contribution in [3.05, 3.63) is 23.7 Å². The molecule has 4 heteroatoms. The Kier molecular flexibility index (Phi) is 3.67. The highest BCUT2D eigenvalue weighted by Crippen LogP contribution is 2.38. The number of nitrogens with two attached hydrogens (primary N) is 1. The van der Waals surface area contributed by atoms with Crippen LogP contribution in [0.15, 0.2) is 16.5 Å². The fourth-order valence-electron chi connectivity index (χ4n) is 1.72. The molecule has 0 bridgehead atoms. The summed E-state index contributed by atoms with van der Waals surface area (Å²) in [6.07, 6.45) is 0.194. The van der Waals surface area contributed by atoms with Crippen molar-refractivity contribution in [3.8, 4) is 0 Å². The van der Waals surface area contributed by atoms with Gasteiger partial charge >= 0.3 is 5.97 Å². The zero-order chi connectivity index (χ0) is 13.3. The van der Waals surface area contributed by atoms with Gasteiger partial charge in [0.2, 0.25) is 0 Å². The Morgan fingerprint density at radius 1 is 1.41 bits per heavy atom. The van der Waals surface area contributed by atoms with E-state index in [0.29, 0.717) is 5.76 Å². The minimum atomic E-state index is -0.592. The van der Waals surface area contributed by atoms with Crippen molar-refractivity contribution in [1.29, 1.82) is 0 Å². The van der Waals surface area contributed by atoms with Gasteiger partial charge in [-0.1, -0.05) is 6.92 Å². The van der Waals surface area contributed by atoms with E-state index in [0.717, 1.165) is 5.76 Å². The molecule has 1 unspecified atom stereocenters. The third kappa shape index (κ3) is 2.69. The summed E-state index contributed by atoms with van der Waals surface area (Å²) in [4.78, 5) is 11.5. The van der Waals surface area contributed by atoms with E-state index in [1.807, 2.05) is 39.8 Å². The third-order valence-electron chi connectivity index (χ3n) is 3.43. The summed E-state index contributed by atoms with van der Waals surface area (Å²) in [7, 11) is 1.37. The lowest BCUT2D eigenvalue weighted by Gasteiger charge is -2.39. The average Bonchev–Trinajstić information content (AvgIpc) is 2.63. The lowest BCUT2D eigenvalue weighted by atomic mass is 9.69. The Hall–Kier alpha value is -1.29. The average molecular weight is 239 g/mol. The second-order valence-corrected chi connectivity index (χ2v) is 5.22. The van der Waals surface area contributed by atoms with Gasteiger partial charge in [0.25, 0.3) is 0 Å². The second-order valence-electron chi connectivity index (χ2n) is 5.22. The van der Waals surface area contributed by atoms with Gasteiger partial charge in [-0.25, -0.2) is 0 Å². The molecule has 0 amide bonds. The Bertz CT molecular complexity index is 403. The number of carbonyl (C=O) groups is 1. The van der Waals surface area contributed by atoms with Gasteiger partial charge in [-0.3, -0.25) is 4.79 Å². The Morgan fingerprint density at radius 3 is 2.35 bits per heavy atom. The molecule has 0 spiro atoms. The predicted octanol–water partition coefficient (Wildman–Crippen LogP) is 2.15. The van der Waals surface area contributed by atoms with E-state index in [2.05, 4.69) is 0 Å². The normalized spacial score (nSPS) is 15.4. The molecule has 0 radical (unpaired) electrons. The van der Waals surface area contributed by atoms with E-state index in [-0.39, 0.29) is 12.4 Å².